The molecule has 0 aliphatic rings. The van der Waals surface area contributed by atoms with E-state index in [1.54, 1.807) is 19.4 Å². The Morgan fingerprint density at radius 2 is 2.40 bits per heavy atom. The molecular weight excluding hydrogens is 260 g/mol. The van der Waals surface area contributed by atoms with E-state index < -0.39 is 0 Å². The van der Waals surface area contributed by atoms with Crippen molar-refractivity contribution in [3.8, 4) is 5.88 Å². The number of nitrogens with one attached hydrogen (secondary N) is 1. The summed E-state index contributed by atoms with van der Waals surface area (Å²) < 4.78 is 4.93. The molecule has 0 spiro atoms. The molecule has 0 atom stereocenters. The van der Waals surface area contributed by atoms with Crippen molar-refractivity contribution in [2.24, 2.45) is 0 Å². The van der Waals surface area contributed by atoms with Crippen LogP contribution in [0.3, 0.4) is 0 Å². The lowest BCUT2D eigenvalue weighted by Crippen LogP contribution is -2.22. The van der Waals surface area contributed by atoms with Crippen LogP contribution >= 0.6 is 15.9 Å². The zero-order chi connectivity index (χ0) is 11.1. The number of aromatic nitrogens is 1. The topological polar surface area (TPSA) is 51.2 Å². The molecule has 0 unspecified atom stereocenters. The Balaban J connectivity index is 2.40. The first kappa shape index (κ1) is 12.0. The molecule has 0 aliphatic heterocycles. The summed E-state index contributed by atoms with van der Waals surface area (Å²) in [7, 11) is 1.57. The molecule has 0 radical (unpaired) electrons. The van der Waals surface area contributed by atoms with Crippen LogP contribution in [0, 0.1) is 0 Å². The van der Waals surface area contributed by atoms with Gasteiger partial charge >= 0.3 is 0 Å². The van der Waals surface area contributed by atoms with Crippen molar-refractivity contribution in [1.82, 2.24) is 10.3 Å². The maximum atomic E-state index is 11.2. The molecule has 82 valence electrons. The van der Waals surface area contributed by atoms with E-state index in [1.807, 2.05) is 6.07 Å². The van der Waals surface area contributed by atoms with Crippen LogP contribution in [0.15, 0.2) is 18.3 Å². The Labute approximate surface area is 97.2 Å². The molecule has 0 saturated carbocycles. The van der Waals surface area contributed by atoms with Crippen LogP contribution in [0.1, 0.15) is 12.0 Å². The number of amides is 1. The normalized spacial score (nSPS) is 9.73. The molecule has 0 aliphatic carbocycles. The second kappa shape index (κ2) is 6.40. The fourth-order valence-corrected chi connectivity index (χ4v) is 1.37. The van der Waals surface area contributed by atoms with Crippen molar-refractivity contribution >= 4 is 21.8 Å². The number of pyridine rings is 1. The van der Waals surface area contributed by atoms with Crippen LogP contribution in [0.25, 0.3) is 0 Å². The minimum Gasteiger partial charge on any atom is -0.481 e. The summed E-state index contributed by atoms with van der Waals surface area (Å²) in [6.07, 6.45) is 2.18. The first-order chi connectivity index (χ1) is 7.26. The van der Waals surface area contributed by atoms with Crippen LogP contribution in [0.2, 0.25) is 0 Å². The number of carbonyl (C=O) groups is 1. The number of rotatable bonds is 5. The summed E-state index contributed by atoms with van der Waals surface area (Å²) in [4.78, 5) is 15.2. The molecule has 1 aromatic rings. The molecular formula is C10H13BrN2O2. The average molecular weight is 273 g/mol. The largest absolute Gasteiger partial charge is 0.481 e. The number of methoxy groups -OCH3 is 1. The SMILES string of the molecule is COc1ccc(CNC(=O)CCBr)cn1. The van der Waals surface area contributed by atoms with Crippen molar-refractivity contribution in [1.29, 1.82) is 0 Å². The lowest BCUT2D eigenvalue weighted by atomic mass is 10.3. The Morgan fingerprint density at radius 3 is 2.93 bits per heavy atom. The van der Waals surface area contributed by atoms with Gasteiger partial charge in [0.15, 0.2) is 0 Å². The summed E-state index contributed by atoms with van der Waals surface area (Å²) in [5.74, 6) is 0.605. The van der Waals surface area contributed by atoms with Gasteiger partial charge in [-0.05, 0) is 5.56 Å². The quantitative estimate of drug-likeness (QED) is 0.827. The molecule has 1 heterocycles. The zero-order valence-electron chi connectivity index (χ0n) is 8.50. The maximum Gasteiger partial charge on any atom is 0.221 e. The van der Waals surface area contributed by atoms with Crippen molar-refractivity contribution in [2.45, 2.75) is 13.0 Å². The average Bonchev–Trinajstić information content (AvgIpc) is 2.27. The fraction of sp³-hybridized carbons (Fsp3) is 0.400. The predicted molar refractivity (Wildman–Crippen MR) is 61.0 cm³/mol. The van der Waals surface area contributed by atoms with Gasteiger partial charge in [0, 0.05) is 30.6 Å². The van der Waals surface area contributed by atoms with Gasteiger partial charge in [0.25, 0.3) is 0 Å². The first-order valence-electron chi connectivity index (χ1n) is 4.58. The van der Waals surface area contributed by atoms with Gasteiger partial charge in [-0.25, -0.2) is 4.98 Å². The summed E-state index contributed by atoms with van der Waals surface area (Å²) in [6.45, 7) is 0.503. The van der Waals surface area contributed by atoms with E-state index in [-0.39, 0.29) is 5.91 Å². The minimum atomic E-state index is 0.0303. The van der Waals surface area contributed by atoms with Crippen molar-refractivity contribution in [3.05, 3.63) is 23.9 Å². The molecule has 0 bridgehead atoms. The maximum absolute atomic E-state index is 11.2. The van der Waals surface area contributed by atoms with Gasteiger partial charge in [-0.2, -0.15) is 0 Å². The molecule has 1 N–H and O–H groups in total. The third kappa shape index (κ3) is 4.29. The Hall–Kier alpha value is -1.10. The molecule has 1 aromatic heterocycles. The monoisotopic (exact) mass is 272 g/mol. The summed E-state index contributed by atoms with van der Waals surface area (Å²) in [5, 5.41) is 3.47. The highest BCUT2D eigenvalue weighted by Gasteiger charge is 2.00. The van der Waals surface area contributed by atoms with Crippen molar-refractivity contribution in [2.75, 3.05) is 12.4 Å². The highest BCUT2D eigenvalue weighted by molar-refractivity contribution is 9.09. The second-order valence-corrected chi connectivity index (χ2v) is 3.72. The summed E-state index contributed by atoms with van der Waals surface area (Å²) >= 11 is 3.21. The van der Waals surface area contributed by atoms with E-state index in [9.17, 15) is 4.79 Å². The fourth-order valence-electron chi connectivity index (χ4n) is 1.01. The molecule has 0 fully saturated rings. The molecule has 15 heavy (non-hydrogen) atoms. The highest BCUT2D eigenvalue weighted by Crippen LogP contribution is 2.06. The van der Waals surface area contributed by atoms with E-state index in [1.165, 1.54) is 0 Å². The Kier molecular flexibility index (Phi) is 5.10. The number of hydrogen-bond acceptors (Lipinski definition) is 3. The van der Waals surface area contributed by atoms with E-state index >= 15 is 0 Å². The lowest BCUT2D eigenvalue weighted by Gasteiger charge is -2.04. The van der Waals surface area contributed by atoms with Crippen LogP contribution in [-0.2, 0) is 11.3 Å². The smallest absolute Gasteiger partial charge is 0.221 e. The number of hydrogen-bond donors (Lipinski definition) is 1. The zero-order valence-corrected chi connectivity index (χ0v) is 10.1. The molecule has 1 amide bonds. The summed E-state index contributed by atoms with van der Waals surface area (Å²) in [5.41, 5.74) is 0.957. The third-order valence-electron chi connectivity index (χ3n) is 1.82. The number of halogens is 1. The van der Waals surface area contributed by atoms with E-state index in [4.69, 9.17) is 4.74 Å². The first-order valence-corrected chi connectivity index (χ1v) is 5.70. The standard InChI is InChI=1S/C10H13BrN2O2/c1-15-10-3-2-8(7-13-10)6-12-9(14)4-5-11/h2-3,7H,4-6H2,1H3,(H,12,14). The van der Waals surface area contributed by atoms with Crippen molar-refractivity contribution < 1.29 is 9.53 Å². The second-order valence-electron chi connectivity index (χ2n) is 2.92. The molecule has 0 saturated heterocycles. The molecule has 1 rings (SSSR count). The van der Waals surface area contributed by atoms with E-state index in [0.717, 1.165) is 5.56 Å². The van der Waals surface area contributed by atoms with Crippen LogP contribution in [-0.4, -0.2) is 23.3 Å². The van der Waals surface area contributed by atoms with Gasteiger partial charge in [0.1, 0.15) is 0 Å². The minimum absolute atomic E-state index is 0.0303. The molecule has 0 aromatic carbocycles. The predicted octanol–water partition coefficient (Wildman–Crippen LogP) is 1.49. The Bertz CT molecular complexity index is 314. The van der Waals surface area contributed by atoms with Gasteiger partial charge in [0.2, 0.25) is 11.8 Å². The van der Waals surface area contributed by atoms with Crippen molar-refractivity contribution in [3.63, 3.8) is 0 Å². The van der Waals surface area contributed by atoms with Gasteiger partial charge in [0.05, 0.1) is 7.11 Å². The van der Waals surface area contributed by atoms with Crippen LogP contribution in [0.5, 0.6) is 5.88 Å². The van der Waals surface area contributed by atoms with Gasteiger partial charge in [-0.3, -0.25) is 4.79 Å². The van der Waals surface area contributed by atoms with Crippen LogP contribution in [0.4, 0.5) is 0 Å². The molecule has 4 nitrogen and oxygen atoms in total. The van der Waals surface area contributed by atoms with Gasteiger partial charge < -0.3 is 10.1 Å². The Morgan fingerprint density at radius 1 is 1.60 bits per heavy atom. The molecule has 5 heteroatoms. The van der Waals surface area contributed by atoms with Gasteiger partial charge in [-0.1, -0.05) is 22.0 Å². The number of ether oxygens (including phenoxy) is 1. The van der Waals surface area contributed by atoms with Crippen LogP contribution < -0.4 is 10.1 Å². The van der Waals surface area contributed by atoms with E-state index in [0.29, 0.717) is 24.2 Å². The summed E-state index contributed by atoms with van der Waals surface area (Å²) in [6, 6.07) is 3.65. The highest BCUT2D eigenvalue weighted by atomic mass is 79.9. The lowest BCUT2D eigenvalue weighted by molar-refractivity contribution is -0.120. The van der Waals surface area contributed by atoms with Gasteiger partial charge in [-0.15, -0.1) is 0 Å². The number of alkyl halides is 1. The van der Waals surface area contributed by atoms with E-state index in [2.05, 4.69) is 26.2 Å². The number of nitrogens with zero attached hydrogens (tertiary/aromatic N) is 1. The third-order valence-corrected chi connectivity index (χ3v) is 2.21. The number of carbonyl (C=O) groups excluding carboxylic acids is 1.